The third-order valence-electron chi connectivity index (χ3n) is 2.20. The highest BCUT2D eigenvalue weighted by Gasteiger charge is 2.29. The first-order valence-corrected chi connectivity index (χ1v) is 7.69. The van der Waals surface area contributed by atoms with Gasteiger partial charge in [-0.1, -0.05) is 6.92 Å². The monoisotopic (exact) mass is 288 g/mol. The summed E-state index contributed by atoms with van der Waals surface area (Å²) in [4.78, 5) is 0.355. The topological polar surface area (TPSA) is 81.4 Å². The van der Waals surface area contributed by atoms with E-state index in [9.17, 15) is 13.5 Å². The van der Waals surface area contributed by atoms with Gasteiger partial charge in [0.05, 0.1) is 5.60 Å². The van der Waals surface area contributed by atoms with Gasteiger partial charge in [0.25, 0.3) is 10.0 Å². The number of aliphatic hydroxyl groups is 1. The van der Waals surface area contributed by atoms with E-state index in [2.05, 4.69) is 0 Å². The van der Waals surface area contributed by atoms with E-state index in [0.717, 1.165) is 11.3 Å². The lowest BCUT2D eigenvalue weighted by Crippen LogP contribution is -2.41. The molecule has 7 heteroatoms. The van der Waals surface area contributed by atoms with Crippen molar-refractivity contribution in [1.29, 1.82) is 5.26 Å². The van der Waals surface area contributed by atoms with E-state index in [1.54, 1.807) is 20.8 Å². The second-order valence-corrected chi connectivity index (χ2v) is 7.72. The van der Waals surface area contributed by atoms with Crippen LogP contribution >= 0.6 is 11.3 Å². The standard InChI is InChI=1S/C11H16N2O3S2/c1-4-13(8-11(2,3)14)18(15,16)10-6-5-9(7-12)17-10/h5-6,14H,4,8H2,1-3H3. The van der Waals surface area contributed by atoms with Crippen LogP contribution in [-0.2, 0) is 10.0 Å². The van der Waals surface area contributed by atoms with Crippen LogP contribution in [-0.4, -0.2) is 36.5 Å². The van der Waals surface area contributed by atoms with E-state index in [4.69, 9.17) is 5.26 Å². The highest BCUT2D eigenvalue weighted by Crippen LogP contribution is 2.25. The molecule has 1 N–H and O–H groups in total. The van der Waals surface area contributed by atoms with E-state index < -0.39 is 15.6 Å². The van der Waals surface area contributed by atoms with E-state index >= 15 is 0 Å². The first-order valence-electron chi connectivity index (χ1n) is 5.43. The molecule has 0 aromatic carbocycles. The molecule has 0 fully saturated rings. The smallest absolute Gasteiger partial charge is 0.252 e. The van der Waals surface area contributed by atoms with Gasteiger partial charge in [-0.25, -0.2) is 8.42 Å². The van der Waals surface area contributed by atoms with Gasteiger partial charge in [0.15, 0.2) is 0 Å². The summed E-state index contributed by atoms with van der Waals surface area (Å²) in [7, 11) is -3.63. The first-order chi connectivity index (χ1) is 8.20. The zero-order valence-corrected chi connectivity index (χ0v) is 12.2. The Hall–Kier alpha value is -0.940. The number of sulfonamides is 1. The molecule has 0 saturated heterocycles. The summed E-state index contributed by atoms with van der Waals surface area (Å²) in [5.41, 5.74) is -1.10. The maximum absolute atomic E-state index is 12.3. The molecule has 0 atom stereocenters. The SMILES string of the molecule is CCN(CC(C)(C)O)S(=O)(=O)c1ccc(C#N)s1. The van der Waals surface area contributed by atoms with Gasteiger partial charge in [0.1, 0.15) is 15.2 Å². The van der Waals surface area contributed by atoms with Gasteiger partial charge in [-0.3, -0.25) is 0 Å². The molecule has 1 heterocycles. The highest BCUT2D eigenvalue weighted by molar-refractivity contribution is 7.91. The van der Waals surface area contributed by atoms with Gasteiger partial charge in [0.2, 0.25) is 0 Å². The second-order valence-electron chi connectivity index (χ2n) is 4.47. The van der Waals surface area contributed by atoms with Crippen molar-refractivity contribution in [2.45, 2.75) is 30.6 Å². The van der Waals surface area contributed by atoms with E-state index in [1.807, 2.05) is 6.07 Å². The molecule has 0 amide bonds. The molecule has 18 heavy (non-hydrogen) atoms. The van der Waals surface area contributed by atoms with Gasteiger partial charge in [-0.2, -0.15) is 9.57 Å². The van der Waals surface area contributed by atoms with Crippen LogP contribution in [0, 0.1) is 11.3 Å². The second kappa shape index (κ2) is 5.36. The minimum absolute atomic E-state index is 0.0195. The molecular formula is C11H16N2O3S2. The Morgan fingerprint density at radius 2 is 2.11 bits per heavy atom. The van der Waals surface area contributed by atoms with Crippen molar-refractivity contribution in [1.82, 2.24) is 4.31 Å². The molecule has 0 saturated carbocycles. The molecule has 1 rings (SSSR count). The van der Waals surface area contributed by atoms with E-state index in [0.29, 0.717) is 4.88 Å². The fraction of sp³-hybridized carbons (Fsp3) is 0.545. The molecule has 0 radical (unpaired) electrons. The van der Waals surface area contributed by atoms with Crippen LogP contribution in [0.1, 0.15) is 25.6 Å². The summed E-state index contributed by atoms with van der Waals surface area (Å²) >= 11 is 0.937. The summed E-state index contributed by atoms with van der Waals surface area (Å²) in [5, 5.41) is 18.4. The molecule has 0 aliphatic rings. The molecule has 0 aliphatic heterocycles. The lowest BCUT2D eigenvalue weighted by molar-refractivity contribution is 0.0602. The normalized spacial score (nSPS) is 12.7. The van der Waals surface area contributed by atoms with Crippen LogP contribution in [0.4, 0.5) is 0 Å². The molecule has 1 aromatic heterocycles. The Morgan fingerprint density at radius 1 is 1.50 bits per heavy atom. The Labute approximate surface area is 111 Å². The summed E-state index contributed by atoms with van der Waals surface area (Å²) < 4.78 is 25.9. The van der Waals surface area contributed by atoms with Gasteiger partial charge < -0.3 is 5.11 Å². The summed E-state index contributed by atoms with van der Waals surface area (Å²) in [6.07, 6.45) is 0. The van der Waals surface area contributed by atoms with Gasteiger partial charge in [0, 0.05) is 13.1 Å². The lowest BCUT2D eigenvalue weighted by Gasteiger charge is -2.26. The first kappa shape index (κ1) is 15.1. The van der Waals surface area contributed by atoms with Crippen molar-refractivity contribution in [3.05, 3.63) is 17.0 Å². The molecular weight excluding hydrogens is 272 g/mol. The Bertz CT molecular complexity index is 550. The number of thiophene rings is 1. The Balaban J connectivity index is 3.08. The van der Waals surface area contributed by atoms with Gasteiger partial charge in [-0.15, -0.1) is 11.3 Å². The summed E-state index contributed by atoms with van der Waals surface area (Å²) in [6.45, 7) is 5.11. The van der Waals surface area contributed by atoms with Gasteiger partial charge >= 0.3 is 0 Å². The molecule has 0 aliphatic carbocycles. The van der Waals surface area contributed by atoms with Gasteiger partial charge in [-0.05, 0) is 26.0 Å². The number of nitriles is 1. The average molecular weight is 288 g/mol. The van der Waals surface area contributed by atoms with Crippen LogP contribution in [0.3, 0.4) is 0 Å². The Morgan fingerprint density at radius 3 is 2.50 bits per heavy atom. The van der Waals surface area contributed by atoms with Crippen LogP contribution < -0.4 is 0 Å². The molecule has 0 spiro atoms. The number of hydrogen-bond donors (Lipinski definition) is 1. The predicted molar refractivity (Wildman–Crippen MR) is 69.8 cm³/mol. The van der Waals surface area contributed by atoms with Crippen LogP contribution in [0.25, 0.3) is 0 Å². The van der Waals surface area contributed by atoms with Crippen molar-refractivity contribution in [3.8, 4) is 6.07 Å². The molecule has 0 unspecified atom stereocenters. The molecule has 1 aromatic rings. The van der Waals surface area contributed by atoms with E-state index in [-0.39, 0.29) is 17.3 Å². The maximum Gasteiger partial charge on any atom is 0.252 e. The summed E-state index contributed by atoms with van der Waals surface area (Å²) in [5.74, 6) is 0. The molecule has 0 bridgehead atoms. The fourth-order valence-corrected chi connectivity index (χ4v) is 4.31. The third-order valence-corrected chi connectivity index (χ3v) is 5.58. The number of nitrogens with zero attached hydrogens (tertiary/aromatic N) is 2. The quantitative estimate of drug-likeness (QED) is 0.888. The average Bonchev–Trinajstić information content (AvgIpc) is 2.73. The molecule has 5 nitrogen and oxygen atoms in total. The van der Waals surface area contributed by atoms with Crippen molar-refractivity contribution in [2.75, 3.05) is 13.1 Å². The van der Waals surface area contributed by atoms with Crippen molar-refractivity contribution < 1.29 is 13.5 Å². The largest absolute Gasteiger partial charge is 0.389 e. The van der Waals surface area contributed by atoms with Crippen LogP contribution in [0.15, 0.2) is 16.3 Å². The predicted octanol–water partition coefficient (Wildman–Crippen LogP) is 1.40. The number of hydrogen-bond acceptors (Lipinski definition) is 5. The minimum atomic E-state index is -3.63. The fourth-order valence-electron chi connectivity index (χ4n) is 1.44. The Kier molecular flexibility index (Phi) is 4.50. The maximum atomic E-state index is 12.3. The number of rotatable bonds is 5. The van der Waals surface area contributed by atoms with Crippen LogP contribution in [0.2, 0.25) is 0 Å². The zero-order valence-electron chi connectivity index (χ0n) is 10.5. The van der Waals surface area contributed by atoms with Crippen molar-refractivity contribution in [2.24, 2.45) is 0 Å². The third kappa shape index (κ3) is 3.53. The van der Waals surface area contributed by atoms with Crippen LogP contribution in [0.5, 0.6) is 0 Å². The highest BCUT2D eigenvalue weighted by atomic mass is 32.2. The summed E-state index contributed by atoms with van der Waals surface area (Å²) in [6, 6.07) is 4.81. The van der Waals surface area contributed by atoms with E-state index in [1.165, 1.54) is 16.4 Å². The zero-order chi connectivity index (χ0) is 14.0. The minimum Gasteiger partial charge on any atom is -0.389 e. The van der Waals surface area contributed by atoms with Crippen molar-refractivity contribution >= 4 is 21.4 Å². The number of likely N-dealkylation sites (N-methyl/N-ethyl adjacent to an activating group) is 1. The molecule has 100 valence electrons. The lowest BCUT2D eigenvalue weighted by atomic mass is 10.1. The van der Waals surface area contributed by atoms with Crippen molar-refractivity contribution in [3.63, 3.8) is 0 Å².